The van der Waals surface area contributed by atoms with Crippen molar-refractivity contribution in [3.05, 3.63) is 10.1 Å². The van der Waals surface area contributed by atoms with Gasteiger partial charge in [-0.25, -0.2) is 0 Å². The number of nitro groups is 1. The molecule has 2 saturated carbocycles. The molecular formula is C7H11NO2. The fourth-order valence-corrected chi connectivity index (χ4v) is 2.47. The van der Waals surface area contributed by atoms with Crippen molar-refractivity contribution in [2.75, 3.05) is 0 Å². The van der Waals surface area contributed by atoms with E-state index in [9.17, 15) is 10.1 Å². The number of hydrogen-bond acceptors (Lipinski definition) is 2. The fourth-order valence-electron chi connectivity index (χ4n) is 2.47. The molecule has 2 aliphatic rings. The van der Waals surface area contributed by atoms with Crippen LogP contribution in [0.1, 0.15) is 25.7 Å². The summed E-state index contributed by atoms with van der Waals surface area (Å²) in [5.74, 6) is 1.13. The van der Waals surface area contributed by atoms with Crippen LogP contribution in [0.25, 0.3) is 0 Å². The van der Waals surface area contributed by atoms with Crippen molar-refractivity contribution in [3.63, 3.8) is 0 Å². The Balaban J connectivity index is 2.08. The Morgan fingerprint density at radius 3 is 2.40 bits per heavy atom. The van der Waals surface area contributed by atoms with Gasteiger partial charge in [0.1, 0.15) is 0 Å². The molecule has 0 aromatic heterocycles. The van der Waals surface area contributed by atoms with Gasteiger partial charge in [-0.05, 0) is 25.2 Å². The molecule has 56 valence electrons. The average molecular weight is 141 g/mol. The number of nitrogens with zero attached hydrogens (tertiary/aromatic N) is 1. The van der Waals surface area contributed by atoms with Gasteiger partial charge in [-0.15, -0.1) is 0 Å². The maximum Gasteiger partial charge on any atom is 0.216 e. The van der Waals surface area contributed by atoms with E-state index in [0.29, 0.717) is 11.8 Å². The molecule has 2 rings (SSSR count). The summed E-state index contributed by atoms with van der Waals surface area (Å²) in [7, 11) is 0. The van der Waals surface area contributed by atoms with Crippen LogP contribution in [0.5, 0.6) is 0 Å². The minimum Gasteiger partial charge on any atom is -0.264 e. The van der Waals surface area contributed by atoms with Crippen molar-refractivity contribution >= 4 is 0 Å². The molecule has 3 heteroatoms. The molecule has 0 radical (unpaired) electrons. The Morgan fingerprint density at radius 2 is 2.10 bits per heavy atom. The van der Waals surface area contributed by atoms with Gasteiger partial charge in [0.05, 0.1) is 0 Å². The Kier molecular flexibility index (Phi) is 1.19. The highest BCUT2D eigenvalue weighted by molar-refractivity contribution is 4.90. The molecule has 3 nitrogen and oxygen atoms in total. The molecule has 3 atom stereocenters. The van der Waals surface area contributed by atoms with E-state index in [1.54, 1.807) is 0 Å². The molecule has 0 aromatic carbocycles. The van der Waals surface area contributed by atoms with Crippen molar-refractivity contribution in [2.24, 2.45) is 11.8 Å². The molecular weight excluding hydrogens is 130 g/mol. The summed E-state index contributed by atoms with van der Waals surface area (Å²) in [6.45, 7) is 0. The Hall–Kier alpha value is -0.600. The van der Waals surface area contributed by atoms with Crippen LogP contribution in [0.15, 0.2) is 0 Å². The first-order valence-corrected chi connectivity index (χ1v) is 3.91. The lowest BCUT2D eigenvalue weighted by Crippen LogP contribution is -2.25. The molecule has 2 aliphatic carbocycles. The van der Waals surface area contributed by atoms with Crippen molar-refractivity contribution in [2.45, 2.75) is 31.7 Å². The first-order chi connectivity index (χ1) is 4.77. The third kappa shape index (κ3) is 0.728. The smallest absolute Gasteiger partial charge is 0.216 e. The zero-order chi connectivity index (χ0) is 7.14. The molecule has 0 aromatic rings. The Morgan fingerprint density at radius 1 is 1.30 bits per heavy atom. The van der Waals surface area contributed by atoms with E-state index < -0.39 is 0 Å². The maximum atomic E-state index is 10.4. The molecule has 0 spiro atoms. The van der Waals surface area contributed by atoms with Crippen LogP contribution in [-0.2, 0) is 0 Å². The summed E-state index contributed by atoms with van der Waals surface area (Å²) in [6, 6.07) is -0.182. The van der Waals surface area contributed by atoms with Gasteiger partial charge in [0.15, 0.2) is 0 Å². The van der Waals surface area contributed by atoms with Crippen molar-refractivity contribution < 1.29 is 4.92 Å². The van der Waals surface area contributed by atoms with Crippen LogP contribution < -0.4 is 0 Å². The lowest BCUT2D eigenvalue weighted by Gasteiger charge is -2.13. The van der Waals surface area contributed by atoms with Crippen LogP contribution in [0.3, 0.4) is 0 Å². The van der Waals surface area contributed by atoms with Gasteiger partial charge < -0.3 is 0 Å². The zero-order valence-corrected chi connectivity index (χ0v) is 5.82. The predicted molar refractivity (Wildman–Crippen MR) is 36.2 cm³/mol. The summed E-state index contributed by atoms with van der Waals surface area (Å²) in [4.78, 5) is 10.3. The van der Waals surface area contributed by atoms with E-state index in [-0.39, 0.29) is 11.0 Å². The molecule has 0 heterocycles. The van der Waals surface area contributed by atoms with E-state index >= 15 is 0 Å². The standard InChI is InChI=1S/C7H11NO2/c9-8(10)7-4-5-1-2-6(7)3-5/h5-7H,1-4H2/t5-,6+,7?/m1/s1. The van der Waals surface area contributed by atoms with E-state index in [0.717, 1.165) is 19.3 Å². The topological polar surface area (TPSA) is 43.1 Å². The minimum absolute atomic E-state index is 0.0795. The van der Waals surface area contributed by atoms with Gasteiger partial charge in [-0.3, -0.25) is 10.1 Å². The maximum absolute atomic E-state index is 10.4. The number of fused-ring (bicyclic) bond motifs is 2. The average Bonchev–Trinajstić information content (AvgIpc) is 2.44. The SMILES string of the molecule is O=[N+]([O-])C1C[C@@H]2CC[C@H]1C2. The zero-order valence-electron chi connectivity index (χ0n) is 5.82. The second-order valence-electron chi connectivity index (χ2n) is 3.53. The van der Waals surface area contributed by atoms with Crippen LogP contribution in [0, 0.1) is 22.0 Å². The second kappa shape index (κ2) is 1.94. The third-order valence-corrected chi connectivity index (χ3v) is 2.97. The van der Waals surface area contributed by atoms with Gasteiger partial charge in [0, 0.05) is 17.3 Å². The van der Waals surface area contributed by atoms with Gasteiger partial charge in [-0.1, -0.05) is 0 Å². The van der Waals surface area contributed by atoms with Gasteiger partial charge in [0.2, 0.25) is 6.04 Å². The second-order valence-corrected chi connectivity index (χ2v) is 3.53. The van der Waals surface area contributed by atoms with E-state index in [4.69, 9.17) is 0 Å². The van der Waals surface area contributed by atoms with Gasteiger partial charge >= 0.3 is 0 Å². The largest absolute Gasteiger partial charge is 0.264 e. The molecule has 0 amide bonds. The summed E-state index contributed by atoms with van der Waals surface area (Å²) in [5, 5.41) is 10.4. The molecule has 2 fully saturated rings. The molecule has 10 heavy (non-hydrogen) atoms. The summed E-state index contributed by atoms with van der Waals surface area (Å²) in [5.41, 5.74) is 0. The first-order valence-electron chi connectivity index (χ1n) is 3.91. The normalized spacial score (nSPS) is 44.2. The van der Waals surface area contributed by atoms with E-state index in [1.165, 1.54) is 6.42 Å². The lowest BCUT2D eigenvalue weighted by atomic mass is 9.96. The van der Waals surface area contributed by atoms with E-state index in [1.807, 2.05) is 0 Å². The van der Waals surface area contributed by atoms with Crippen LogP contribution >= 0.6 is 0 Å². The first kappa shape index (κ1) is 6.13. The number of hydrogen-bond donors (Lipinski definition) is 0. The molecule has 0 N–H and O–H groups in total. The highest BCUT2D eigenvalue weighted by atomic mass is 16.6. The van der Waals surface area contributed by atoms with E-state index in [2.05, 4.69) is 0 Å². The minimum atomic E-state index is -0.182. The monoisotopic (exact) mass is 141 g/mol. The Labute approximate surface area is 59.6 Å². The molecule has 0 aliphatic heterocycles. The molecule has 2 bridgehead atoms. The van der Waals surface area contributed by atoms with Crippen LogP contribution in [-0.4, -0.2) is 11.0 Å². The Bertz CT molecular complexity index is 169. The fraction of sp³-hybridized carbons (Fsp3) is 1.00. The van der Waals surface area contributed by atoms with Crippen LogP contribution in [0.2, 0.25) is 0 Å². The highest BCUT2D eigenvalue weighted by Crippen LogP contribution is 2.45. The molecule has 1 unspecified atom stereocenters. The van der Waals surface area contributed by atoms with Gasteiger partial charge in [-0.2, -0.15) is 0 Å². The predicted octanol–water partition coefficient (Wildman–Crippen LogP) is 1.45. The summed E-state index contributed by atoms with van der Waals surface area (Å²) in [6.07, 6.45) is 4.34. The van der Waals surface area contributed by atoms with Crippen LogP contribution in [0.4, 0.5) is 0 Å². The third-order valence-electron chi connectivity index (χ3n) is 2.97. The van der Waals surface area contributed by atoms with Crippen molar-refractivity contribution in [1.82, 2.24) is 0 Å². The van der Waals surface area contributed by atoms with Crippen molar-refractivity contribution in [1.29, 1.82) is 0 Å². The van der Waals surface area contributed by atoms with Gasteiger partial charge in [0.25, 0.3) is 0 Å². The highest BCUT2D eigenvalue weighted by Gasteiger charge is 2.46. The summed E-state index contributed by atoms with van der Waals surface area (Å²) >= 11 is 0. The summed E-state index contributed by atoms with van der Waals surface area (Å²) < 4.78 is 0. The number of rotatable bonds is 1. The molecule has 0 saturated heterocycles. The quantitative estimate of drug-likeness (QED) is 0.409. The van der Waals surface area contributed by atoms with Crippen molar-refractivity contribution in [3.8, 4) is 0 Å². The lowest BCUT2D eigenvalue weighted by molar-refractivity contribution is -0.530.